The second kappa shape index (κ2) is 11.2. The number of methoxy groups -OCH3 is 2. The lowest BCUT2D eigenvalue weighted by Gasteiger charge is -2.16. The molecule has 3 aromatic carbocycles. The number of carbonyl (C=O) groups excluding carboxylic acids is 1. The Labute approximate surface area is 226 Å². The van der Waals surface area contributed by atoms with E-state index in [1.54, 1.807) is 68.6 Å². The van der Waals surface area contributed by atoms with E-state index < -0.39 is 15.6 Å². The smallest absolute Gasteiger partial charge is 0.261 e. The average molecular weight is 544 g/mol. The molecule has 198 valence electrons. The van der Waals surface area contributed by atoms with Crippen LogP contribution in [0.1, 0.15) is 21.5 Å². The lowest BCUT2D eigenvalue weighted by molar-refractivity contribution is 0.102. The molecule has 10 nitrogen and oxygen atoms in total. The molecule has 0 aliphatic rings. The summed E-state index contributed by atoms with van der Waals surface area (Å²) in [5.74, 6) is 0.543. The van der Waals surface area contributed by atoms with Gasteiger partial charge in [0.05, 0.1) is 41.3 Å². The fourth-order valence-electron chi connectivity index (χ4n) is 3.80. The number of nitrogens with zero attached hydrogens (tertiary/aromatic N) is 3. The largest absolute Gasteiger partial charge is 0.497 e. The maximum atomic E-state index is 13.7. The highest BCUT2D eigenvalue weighted by Gasteiger charge is 2.24. The molecule has 0 saturated carbocycles. The van der Waals surface area contributed by atoms with E-state index in [4.69, 9.17) is 19.0 Å². The van der Waals surface area contributed by atoms with E-state index in [1.165, 1.54) is 25.5 Å². The summed E-state index contributed by atoms with van der Waals surface area (Å²) in [7, 11) is 0.0142. The van der Waals surface area contributed by atoms with Crippen LogP contribution in [0.2, 0.25) is 0 Å². The molecular weight excluding hydrogens is 518 g/mol. The van der Waals surface area contributed by atoms with Gasteiger partial charge in [-0.1, -0.05) is 6.07 Å². The van der Waals surface area contributed by atoms with E-state index in [0.717, 1.165) is 0 Å². The Bertz CT molecular complexity index is 1700. The highest BCUT2D eigenvalue weighted by atomic mass is 32.2. The Balaban J connectivity index is 1.81. The molecule has 0 radical (unpaired) electrons. The fraction of sp³-hybridized carbons (Fsp3) is 0.143. The summed E-state index contributed by atoms with van der Waals surface area (Å²) < 4.78 is 36.7. The van der Waals surface area contributed by atoms with E-state index >= 15 is 0 Å². The van der Waals surface area contributed by atoms with Gasteiger partial charge in [-0.3, -0.25) is 4.79 Å². The van der Waals surface area contributed by atoms with Crippen molar-refractivity contribution in [1.29, 1.82) is 10.0 Å². The van der Waals surface area contributed by atoms with Gasteiger partial charge in [0.2, 0.25) is 0 Å². The molecule has 4 aromatic rings. The van der Waals surface area contributed by atoms with Gasteiger partial charge in [0.15, 0.2) is 11.5 Å². The highest BCUT2D eigenvalue weighted by molar-refractivity contribution is 7.91. The van der Waals surface area contributed by atoms with E-state index in [2.05, 4.69) is 15.5 Å². The molecule has 1 amide bonds. The van der Waals surface area contributed by atoms with Crippen LogP contribution in [0, 0.1) is 23.0 Å². The second-order valence-corrected chi connectivity index (χ2v) is 10.6. The van der Waals surface area contributed by atoms with Gasteiger partial charge in [0.1, 0.15) is 11.3 Å². The van der Waals surface area contributed by atoms with Gasteiger partial charge in [-0.25, -0.2) is 8.99 Å². The average Bonchev–Trinajstić information content (AvgIpc) is 2.93. The molecule has 0 unspecified atom stereocenters. The number of hydrogen-bond acceptors (Lipinski definition) is 9. The number of amides is 1. The number of nitriles is 1. The van der Waals surface area contributed by atoms with Crippen LogP contribution in [0.25, 0.3) is 11.3 Å². The molecule has 1 aromatic heterocycles. The zero-order chi connectivity index (χ0) is 28.2. The third-order valence-corrected chi connectivity index (χ3v) is 6.97. The van der Waals surface area contributed by atoms with Crippen LogP contribution in [-0.2, 0) is 9.73 Å². The van der Waals surface area contributed by atoms with Gasteiger partial charge in [-0.2, -0.15) is 5.26 Å². The standard InChI is InChI=1S/C28H25N5O5S/c1-17-25(27(34)31-20-6-5-7-22(15-20)39(4,30)35)28(38-23-13-8-18(16-29)14-24(23)37-3)33-32-26(17)19-9-11-21(36-2)12-10-19/h5-15,30H,1-4H3,(H,31,34)/t39-/m1/s1. The summed E-state index contributed by atoms with van der Waals surface area (Å²) >= 11 is 0. The molecule has 1 atom stereocenters. The van der Waals surface area contributed by atoms with Crippen molar-refractivity contribution < 1.29 is 23.2 Å². The Morgan fingerprint density at radius 3 is 2.38 bits per heavy atom. The van der Waals surface area contributed by atoms with Crippen molar-refractivity contribution in [2.75, 3.05) is 25.8 Å². The lowest BCUT2D eigenvalue weighted by atomic mass is 10.0. The minimum atomic E-state index is -2.99. The zero-order valence-electron chi connectivity index (χ0n) is 21.6. The number of nitrogens with one attached hydrogen (secondary N) is 2. The SMILES string of the molecule is COc1ccc(-c2nnc(Oc3ccc(C#N)cc3OC)c(C(=O)Nc3cccc([S@](C)(=N)=O)c3)c2C)cc1. The Morgan fingerprint density at radius 2 is 1.74 bits per heavy atom. The summed E-state index contributed by atoms with van der Waals surface area (Å²) in [4.78, 5) is 14.0. The topological polar surface area (TPSA) is 147 Å². The number of ether oxygens (including phenoxy) is 3. The van der Waals surface area contributed by atoms with Crippen molar-refractivity contribution in [3.05, 3.63) is 83.4 Å². The third-order valence-electron chi connectivity index (χ3n) is 5.82. The predicted molar refractivity (Wildman–Crippen MR) is 146 cm³/mol. The van der Waals surface area contributed by atoms with Crippen LogP contribution in [0.4, 0.5) is 5.69 Å². The molecule has 4 rings (SSSR count). The van der Waals surface area contributed by atoms with E-state index in [1.807, 2.05) is 6.07 Å². The number of benzene rings is 3. The first-order valence-corrected chi connectivity index (χ1v) is 13.5. The Morgan fingerprint density at radius 1 is 1.00 bits per heavy atom. The summed E-state index contributed by atoms with van der Waals surface area (Å²) in [5.41, 5.74) is 2.49. The van der Waals surface area contributed by atoms with Gasteiger partial charge in [0, 0.05) is 28.5 Å². The molecule has 0 aliphatic heterocycles. The number of anilines is 1. The molecule has 1 heterocycles. The number of hydrogen-bond donors (Lipinski definition) is 2. The fourth-order valence-corrected chi connectivity index (χ4v) is 4.49. The molecule has 2 N–H and O–H groups in total. The van der Waals surface area contributed by atoms with Gasteiger partial charge >= 0.3 is 0 Å². The molecule has 0 bridgehead atoms. The zero-order valence-corrected chi connectivity index (χ0v) is 22.5. The van der Waals surface area contributed by atoms with Gasteiger partial charge < -0.3 is 19.5 Å². The van der Waals surface area contributed by atoms with E-state index in [9.17, 15) is 14.3 Å². The first-order chi connectivity index (χ1) is 18.6. The quantitative estimate of drug-likeness (QED) is 0.299. The van der Waals surface area contributed by atoms with Gasteiger partial charge in [-0.05, 0) is 67.1 Å². The van der Waals surface area contributed by atoms with Crippen LogP contribution in [0.15, 0.2) is 71.6 Å². The Hall–Kier alpha value is -4.95. The summed E-state index contributed by atoms with van der Waals surface area (Å²) in [6.07, 6.45) is 1.31. The number of carbonyl (C=O) groups is 1. The maximum absolute atomic E-state index is 13.7. The lowest BCUT2D eigenvalue weighted by Crippen LogP contribution is -2.17. The molecular formula is C28H25N5O5S. The summed E-state index contributed by atoms with van der Waals surface area (Å²) in [5, 5.41) is 20.6. The third kappa shape index (κ3) is 5.97. The molecule has 0 saturated heterocycles. The van der Waals surface area contributed by atoms with Crippen molar-refractivity contribution in [3.8, 4) is 40.5 Å². The highest BCUT2D eigenvalue weighted by Crippen LogP contribution is 2.36. The number of aromatic nitrogens is 2. The number of rotatable bonds is 8. The molecule has 39 heavy (non-hydrogen) atoms. The minimum absolute atomic E-state index is 0.0822. The van der Waals surface area contributed by atoms with E-state index in [-0.39, 0.29) is 27.8 Å². The van der Waals surface area contributed by atoms with Crippen LogP contribution in [0.3, 0.4) is 0 Å². The maximum Gasteiger partial charge on any atom is 0.261 e. The molecule has 11 heteroatoms. The predicted octanol–water partition coefficient (Wildman–Crippen LogP) is 5.42. The van der Waals surface area contributed by atoms with E-state index in [0.29, 0.717) is 33.8 Å². The van der Waals surface area contributed by atoms with Crippen molar-refractivity contribution in [2.45, 2.75) is 11.8 Å². The Kier molecular flexibility index (Phi) is 7.78. The van der Waals surface area contributed by atoms with Gasteiger partial charge in [-0.15, -0.1) is 10.2 Å². The van der Waals surface area contributed by atoms with Crippen LogP contribution >= 0.6 is 0 Å². The van der Waals surface area contributed by atoms with Crippen molar-refractivity contribution in [1.82, 2.24) is 10.2 Å². The monoisotopic (exact) mass is 543 g/mol. The first kappa shape index (κ1) is 27.1. The van der Waals surface area contributed by atoms with Crippen LogP contribution in [-0.4, -0.2) is 40.8 Å². The first-order valence-electron chi connectivity index (χ1n) is 11.6. The molecule has 0 fully saturated rings. The molecule has 0 aliphatic carbocycles. The summed E-state index contributed by atoms with van der Waals surface area (Å²) in [6, 6.07) is 20.1. The van der Waals surface area contributed by atoms with Crippen molar-refractivity contribution >= 4 is 21.3 Å². The summed E-state index contributed by atoms with van der Waals surface area (Å²) in [6.45, 7) is 1.73. The second-order valence-electron chi connectivity index (χ2n) is 8.49. The van der Waals surface area contributed by atoms with Gasteiger partial charge in [0.25, 0.3) is 11.8 Å². The normalized spacial score (nSPS) is 12.1. The van der Waals surface area contributed by atoms with Crippen LogP contribution in [0.5, 0.6) is 23.1 Å². The minimum Gasteiger partial charge on any atom is -0.497 e. The van der Waals surface area contributed by atoms with Crippen molar-refractivity contribution in [2.24, 2.45) is 0 Å². The molecule has 0 spiro atoms. The van der Waals surface area contributed by atoms with Crippen LogP contribution < -0.4 is 19.5 Å². The van der Waals surface area contributed by atoms with Crippen molar-refractivity contribution in [3.63, 3.8) is 0 Å².